The van der Waals surface area contributed by atoms with Crippen LogP contribution in [0, 0.1) is 11.8 Å². The molecule has 3 rings (SSSR count). The minimum Gasteiger partial charge on any atom is -0.356 e. The van der Waals surface area contributed by atoms with Crippen LogP contribution in [0.1, 0.15) is 37.2 Å². The van der Waals surface area contributed by atoms with E-state index in [2.05, 4.69) is 39.9 Å². The summed E-state index contributed by atoms with van der Waals surface area (Å²) in [7, 11) is 1.77. The molecule has 2 atom stereocenters. The van der Waals surface area contributed by atoms with Crippen molar-refractivity contribution in [3.05, 3.63) is 35.9 Å². The molecule has 1 saturated carbocycles. The third-order valence-electron chi connectivity index (χ3n) is 5.86. The fourth-order valence-electron chi connectivity index (χ4n) is 4.11. The number of guanidine groups is 1. The molecule has 28 heavy (non-hydrogen) atoms. The fraction of sp³-hybridized carbons (Fsp3) is 0.667. The molecule has 1 heterocycles. The fourth-order valence-corrected chi connectivity index (χ4v) is 4.11. The lowest BCUT2D eigenvalue weighted by Crippen LogP contribution is -2.42. The Labute approximate surface area is 165 Å². The van der Waals surface area contributed by atoms with Gasteiger partial charge in [0.25, 0.3) is 0 Å². The Balaban J connectivity index is 1.28. The molecule has 7 heteroatoms. The van der Waals surface area contributed by atoms with E-state index in [1.165, 1.54) is 16.9 Å². The first-order chi connectivity index (χ1) is 13.4. The number of nitrogens with zero attached hydrogens (tertiary/aromatic N) is 2. The predicted octanol–water partition coefficient (Wildman–Crippen LogP) is 3.62. The van der Waals surface area contributed by atoms with Crippen LogP contribution in [0.5, 0.6) is 0 Å². The number of hydrogen-bond donors (Lipinski definition) is 2. The van der Waals surface area contributed by atoms with Gasteiger partial charge in [0.05, 0.1) is 6.54 Å². The summed E-state index contributed by atoms with van der Waals surface area (Å²) in [6.45, 7) is 2.02. The van der Waals surface area contributed by atoms with E-state index in [0.717, 1.165) is 38.3 Å². The standard InChI is InChI=1S/C21H31F3N4/c1-25-20(27-14-18-13-19(18)17-5-3-2-4-6-17)26-10-7-16-8-11-28(12-9-16)15-21(22,23)24/h2-6,16,18-19H,7-15H2,1H3,(H2,25,26,27). The number of halogens is 3. The van der Waals surface area contributed by atoms with Crippen molar-refractivity contribution < 1.29 is 13.2 Å². The second-order valence-electron chi connectivity index (χ2n) is 8.02. The molecular weight excluding hydrogens is 365 g/mol. The summed E-state index contributed by atoms with van der Waals surface area (Å²) >= 11 is 0. The first kappa shape index (κ1) is 21.0. The number of likely N-dealkylation sites (tertiary alicyclic amines) is 1. The summed E-state index contributed by atoms with van der Waals surface area (Å²) in [6.07, 6.45) is -0.232. The van der Waals surface area contributed by atoms with Gasteiger partial charge in [0.2, 0.25) is 0 Å². The second kappa shape index (κ2) is 9.63. The minimum absolute atomic E-state index is 0.487. The third-order valence-corrected chi connectivity index (χ3v) is 5.86. The Morgan fingerprint density at radius 3 is 2.50 bits per heavy atom. The van der Waals surface area contributed by atoms with E-state index in [-0.39, 0.29) is 0 Å². The number of aliphatic imine (C=N–C) groups is 1. The van der Waals surface area contributed by atoms with Crippen molar-refractivity contribution in [3.63, 3.8) is 0 Å². The maximum Gasteiger partial charge on any atom is 0.401 e. The molecule has 1 aromatic rings. The Morgan fingerprint density at radius 1 is 1.14 bits per heavy atom. The predicted molar refractivity (Wildman–Crippen MR) is 106 cm³/mol. The lowest BCUT2D eigenvalue weighted by Gasteiger charge is -2.32. The van der Waals surface area contributed by atoms with Crippen molar-refractivity contribution in [1.29, 1.82) is 0 Å². The van der Waals surface area contributed by atoms with E-state index >= 15 is 0 Å². The molecule has 2 unspecified atom stereocenters. The Hall–Kier alpha value is -1.76. The van der Waals surface area contributed by atoms with Gasteiger partial charge < -0.3 is 10.6 Å². The van der Waals surface area contributed by atoms with Gasteiger partial charge in [-0.3, -0.25) is 9.89 Å². The maximum absolute atomic E-state index is 12.5. The molecule has 1 aromatic carbocycles. The van der Waals surface area contributed by atoms with Crippen LogP contribution < -0.4 is 10.6 Å². The molecular formula is C21H31F3N4. The molecule has 4 nitrogen and oxygen atoms in total. The first-order valence-electron chi connectivity index (χ1n) is 10.2. The smallest absolute Gasteiger partial charge is 0.356 e. The van der Waals surface area contributed by atoms with E-state index in [9.17, 15) is 13.2 Å². The zero-order valence-electron chi connectivity index (χ0n) is 16.5. The molecule has 0 aromatic heterocycles. The SMILES string of the molecule is CN=C(NCCC1CCN(CC(F)(F)F)CC1)NCC1CC1c1ccccc1. The van der Waals surface area contributed by atoms with E-state index in [1.807, 2.05) is 6.07 Å². The van der Waals surface area contributed by atoms with Gasteiger partial charge in [0, 0.05) is 20.1 Å². The molecule has 2 aliphatic rings. The van der Waals surface area contributed by atoms with Crippen molar-refractivity contribution in [2.75, 3.05) is 39.8 Å². The van der Waals surface area contributed by atoms with Gasteiger partial charge in [-0.25, -0.2) is 0 Å². The van der Waals surface area contributed by atoms with Gasteiger partial charge in [-0.1, -0.05) is 30.3 Å². The van der Waals surface area contributed by atoms with Crippen LogP contribution in [0.3, 0.4) is 0 Å². The maximum atomic E-state index is 12.5. The van der Waals surface area contributed by atoms with E-state index < -0.39 is 12.7 Å². The highest BCUT2D eigenvalue weighted by atomic mass is 19.4. The Morgan fingerprint density at radius 2 is 1.86 bits per heavy atom. The lowest BCUT2D eigenvalue weighted by molar-refractivity contribution is -0.148. The molecule has 156 valence electrons. The Bertz CT molecular complexity index is 624. The molecule has 1 saturated heterocycles. The van der Waals surface area contributed by atoms with Gasteiger partial charge >= 0.3 is 6.18 Å². The second-order valence-corrected chi connectivity index (χ2v) is 8.02. The molecule has 0 bridgehead atoms. The summed E-state index contributed by atoms with van der Waals surface area (Å²) in [5, 5.41) is 6.76. The molecule has 2 fully saturated rings. The molecule has 0 amide bonds. The highest BCUT2D eigenvalue weighted by molar-refractivity contribution is 5.79. The van der Waals surface area contributed by atoms with E-state index in [1.54, 1.807) is 7.05 Å². The number of piperidine rings is 1. The molecule has 1 aliphatic heterocycles. The number of hydrogen-bond acceptors (Lipinski definition) is 2. The topological polar surface area (TPSA) is 39.7 Å². The normalized spacial score (nSPS) is 24.2. The van der Waals surface area contributed by atoms with Crippen molar-refractivity contribution in [1.82, 2.24) is 15.5 Å². The van der Waals surface area contributed by atoms with Crippen molar-refractivity contribution >= 4 is 5.96 Å². The van der Waals surface area contributed by atoms with E-state index in [4.69, 9.17) is 0 Å². The number of benzene rings is 1. The quantitative estimate of drug-likeness (QED) is 0.546. The third kappa shape index (κ3) is 6.69. The number of rotatable bonds is 7. The monoisotopic (exact) mass is 396 g/mol. The first-order valence-corrected chi connectivity index (χ1v) is 10.2. The summed E-state index contributed by atoms with van der Waals surface area (Å²) in [5.41, 5.74) is 1.41. The van der Waals surface area contributed by atoms with Crippen LogP contribution in [0.25, 0.3) is 0 Å². The average Bonchev–Trinajstić information content (AvgIpc) is 3.45. The largest absolute Gasteiger partial charge is 0.401 e. The summed E-state index contributed by atoms with van der Waals surface area (Å²) in [4.78, 5) is 5.80. The van der Waals surface area contributed by atoms with Crippen LogP contribution in [0.2, 0.25) is 0 Å². The lowest BCUT2D eigenvalue weighted by atomic mass is 9.93. The van der Waals surface area contributed by atoms with Crippen molar-refractivity contribution in [2.24, 2.45) is 16.8 Å². The van der Waals surface area contributed by atoms with E-state index in [0.29, 0.717) is 30.8 Å². The molecule has 0 radical (unpaired) electrons. The Kier molecular flexibility index (Phi) is 7.21. The molecule has 2 N–H and O–H groups in total. The van der Waals surface area contributed by atoms with Crippen LogP contribution in [-0.2, 0) is 0 Å². The van der Waals surface area contributed by atoms with Gasteiger partial charge in [-0.15, -0.1) is 0 Å². The van der Waals surface area contributed by atoms with Crippen LogP contribution in [0.4, 0.5) is 13.2 Å². The number of nitrogens with one attached hydrogen (secondary N) is 2. The van der Waals surface area contributed by atoms with Crippen LogP contribution >= 0.6 is 0 Å². The van der Waals surface area contributed by atoms with Gasteiger partial charge in [0.15, 0.2) is 5.96 Å². The zero-order chi connectivity index (χ0) is 20.0. The van der Waals surface area contributed by atoms with Gasteiger partial charge in [0.1, 0.15) is 0 Å². The van der Waals surface area contributed by atoms with Crippen LogP contribution in [0.15, 0.2) is 35.3 Å². The summed E-state index contributed by atoms with van der Waals surface area (Å²) < 4.78 is 37.4. The summed E-state index contributed by atoms with van der Waals surface area (Å²) in [6, 6.07) is 10.6. The highest BCUT2D eigenvalue weighted by Crippen LogP contribution is 2.46. The zero-order valence-corrected chi connectivity index (χ0v) is 16.5. The number of alkyl halides is 3. The average molecular weight is 397 g/mol. The van der Waals surface area contributed by atoms with Crippen molar-refractivity contribution in [2.45, 2.75) is 37.8 Å². The van der Waals surface area contributed by atoms with Crippen molar-refractivity contribution in [3.8, 4) is 0 Å². The highest BCUT2D eigenvalue weighted by Gasteiger charge is 2.37. The van der Waals surface area contributed by atoms with Gasteiger partial charge in [-0.05, 0) is 62.1 Å². The van der Waals surface area contributed by atoms with Gasteiger partial charge in [-0.2, -0.15) is 13.2 Å². The summed E-state index contributed by atoms with van der Waals surface area (Å²) in [5.74, 6) is 2.60. The minimum atomic E-state index is -4.09. The van der Waals surface area contributed by atoms with Crippen LogP contribution in [-0.4, -0.2) is 56.8 Å². The molecule has 1 aliphatic carbocycles. The molecule has 0 spiro atoms.